The lowest BCUT2D eigenvalue weighted by Gasteiger charge is -2.32. The first-order valence-electron chi connectivity index (χ1n) is 6.33. The van der Waals surface area contributed by atoms with Crippen LogP contribution < -0.4 is 5.73 Å². The van der Waals surface area contributed by atoms with Crippen molar-refractivity contribution in [2.24, 2.45) is 11.7 Å². The standard InChI is InChI=1S/C12H23NO2/c13-12(11-9-14-7-8-15-11)10-5-3-1-2-4-6-10/h10-12H,1-9,13H2. The van der Waals surface area contributed by atoms with Crippen LogP contribution in [-0.4, -0.2) is 32.0 Å². The third-order valence-corrected chi connectivity index (χ3v) is 3.72. The lowest BCUT2D eigenvalue weighted by Crippen LogP contribution is -2.47. The van der Waals surface area contributed by atoms with E-state index in [1.807, 2.05) is 0 Å². The Morgan fingerprint density at radius 2 is 1.73 bits per heavy atom. The van der Waals surface area contributed by atoms with Gasteiger partial charge in [0.15, 0.2) is 0 Å². The van der Waals surface area contributed by atoms with Gasteiger partial charge >= 0.3 is 0 Å². The molecule has 2 unspecified atom stereocenters. The molecule has 88 valence electrons. The van der Waals surface area contributed by atoms with Crippen molar-refractivity contribution in [3.63, 3.8) is 0 Å². The van der Waals surface area contributed by atoms with Crippen molar-refractivity contribution in [1.29, 1.82) is 0 Å². The average Bonchev–Trinajstić information content (AvgIpc) is 2.58. The van der Waals surface area contributed by atoms with Gasteiger partial charge in [-0.3, -0.25) is 0 Å². The van der Waals surface area contributed by atoms with Crippen molar-refractivity contribution in [2.45, 2.75) is 50.7 Å². The van der Waals surface area contributed by atoms with Gasteiger partial charge in [-0.05, 0) is 18.8 Å². The topological polar surface area (TPSA) is 44.5 Å². The van der Waals surface area contributed by atoms with Crippen molar-refractivity contribution < 1.29 is 9.47 Å². The lowest BCUT2D eigenvalue weighted by molar-refractivity contribution is -0.104. The second kappa shape index (κ2) is 5.83. The molecule has 0 aromatic carbocycles. The Bertz CT molecular complexity index is 172. The van der Waals surface area contributed by atoms with E-state index in [0.29, 0.717) is 19.1 Å². The molecule has 1 aliphatic heterocycles. The summed E-state index contributed by atoms with van der Waals surface area (Å²) in [5.41, 5.74) is 6.29. The van der Waals surface area contributed by atoms with Gasteiger partial charge in [0.25, 0.3) is 0 Å². The number of nitrogens with two attached hydrogens (primary N) is 1. The highest BCUT2D eigenvalue weighted by molar-refractivity contribution is 4.83. The van der Waals surface area contributed by atoms with Crippen LogP contribution in [0, 0.1) is 5.92 Å². The van der Waals surface area contributed by atoms with Gasteiger partial charge in [-0.25, -0.2) is 0 Å². The first-order chi connectivity index (χ1) is 7.38. The third-order valence-electron chi connectivity index (χ3n) is 3.72. The first kappa shape index (κ1) is 11.4. The van der Waals surface area contributed by atoms with Crippen LogP contribution in [0.15, 0.2) is 0 Å². The highest BCUT2D eigenvalue weighted by Gasteiger charge is 2.29. The summed E-state index contributed by atoms with van der Waals surface area (Å²) in [6.07, 6.45) is 8.14. The Labute approximate surface area is 92.3 Å². The van der Waals surface area contributed by atoms with Crippen molar-refractivity contribution in [3.8, 4) is 0 Å². The molecule has 2 N–H and O–H groups in total. The van der Waals surface area contributed by atoms with Gasteiger partial charge in [0.2, 0.25) is 0 Å². The van der Waals surface area contributed by atoms with Gasteiger partial charge in [0.1, 0.15) is 0 Å². The van der Waals surface area contributed by atoms with E-state index in [1.54, 1.807) is 0 Å². The second-order valence-corrected chi connectivity index (χ2v) is 4.81. The third kappa shape index (κ3) is 3.16. The molecule has 0 spiro atoms. The van der Waals surface area contributed by atoms with Crippen LogP contribution >= 0.6 is 0 Å². The highest BCUT2D eigenvalue weighted by Crippen LogP contribution is 2.27. The molecular formula is C12H23NO2. The molecule has 0 amide bonds. The maximum Gasteiger partial charge on any atom is 0.0962 e. The minimum absolute atomic E-state index is 0.141. The van der Waals surface area contributed by atoms with Crippen LogP contribution in [0.3, 0.4) is 0 Å². The molecule has 0 radical (unpaired) electrons. The van der Waals surface area contributed by atoms with Gasteiger partial charge in [0.05, 0.1) is 25.9 Å². The number of hydrogen-bond acceptors (Lipinski definition) is 3. The molecule has 2 atom stereocenters. The molecule has 1 heterocycles. The van der Waals surface area contributed by atoms with E-state index in [1.165, 1.54) is 38.5 Å². The summed E-state index contributed by atoms with van der Waals surface area (Å²) >= 11 is 0. The molecular weight excluding hydrogens is 190 g/mol. The molecule has 15 heavy (non-hydrogen) atoms. The molecule has 1 aliphatic carbocycles. The molecule has 1 saturated heterocycles. The first-order valence-corrected chi connectivity index (χ1v) is 6.33. The van der Waals surface area contributed by atoms with Crippen LogP contribution in [0.25, 0.3) is 0 Å². The fourth-order valence-corrected chi connectivity index (χ4v) is 2.73. The maximum atomic E-state index is 6.29. The lowest BCUT2D eigenvalue weighted by atomic mass is 9.89. The fourth-order valence-electron chi connectivity index (χ4n) is 2.73. The second-order valence-electron chi connectivity index (χ2n) is 4.81. The van der Waals surface area contributed by atoms with E-state index in [0.717, 1.165) is 6.61 Å². The largest absolute Gasteiger partial charge is 0.376 e. The Kier molecular flexibility index (Phi) is 4.42. The van der Waals surface area contributed by atoms with E-state index >= 15 is 0 Å². The van der Waals surface area contributed by atoms with Gasteiger partial charge in [0, 0.05) is 6.04 Å². The zero-order chi connectivity index (χ0) is 10.5. The van der Waals surface area contributed by atoms with Crippen LogP contribution in [0.5, 0.6) is 0 Å². The van der Waals surface area contributed by atoms with E-state index in [-0.39, 0.29) is 12.1 Å². The predicted octanol–water partition coefficient (Wildman–Crippen LogP) is 1.70. The number of rotatable bonds is 2. The van der Waals surface area contributed by atoms with E-state index in [4.69, 9.17) is 15.2 Å². The quantitative estimate of drug-likeness (QED) is 0.710. The van der Waals surface area contributed by atoms with Gasteiger partial charge < -0.3 is 15.2 Å². The minimum atomic E-state index is 0.141. The Morgan fingerprint density at radius 3 is 2.33 bits per heavy atom. The zero-order valence-electron chi connectivity index (χ0n) is 9.49. The monoisotopic (exact) mass is 213 g/mol. The Hall–Kier alpha value is -0.120. The Morgan fingerprint density at radius 1 is 1.00 bits per heavy atom. The van der Waals surface area contributed by atoms with Gasteiger partial charge in [-0.1, -0.05) is 25.7 Å². The molecule has 2 rings (SSSR count). The van der Waals surface area contributed by atoms with Gasteiger partial charge in [-0.2, -0.15) is 0 Å². The smallest absolute Gasteiger partial charge is 0.0962 e. The summed E-state index contributed by atoms with van der Waals surface area (Å²) < 4.78 is 11.1. The molecule has 2 fully saturated rings. The molecule has 0 aromatic rings. The van der Waals surface area contributed by atoms with Crippen LogP contribution in [-0.2, 0) is 9.47 Å². The van der Waals surface area contributed by atoms with E-state index in [2.05, 4.69) is 0 Å². The molecule has 3 heteroatoms. The minimum Gasteiger partial charge on any atom is -0.376 e. The summed E-state index contributed by atoms with van der Waals surface area (Å²) in [5, 5.41) is 0. The van der Waals surface area contributed by atoms with Crippen molar-refractivity contribution in [1.82, 2.24) is 0 Å². The zero-order valence-corrected chi connectivity index (χ0v) is 9.49. The van der Waals surface area contributed by atoms with Crippen molar-refractivity contribution in [2.75, 3.05) is 19.8 Å². The molecule has 3 nitrogen and oxygen atoms in total. The van der Waals surface area contributed by atoms with Crippen LogP contribution in [0.4, 0.5) is 0 Å². The SMILES string of the molecule is NC(C1CCCCCC1)C1COCCO1. The Balaban J connectivity index is 1.83. The summed E-state index contributed by atoms with van der Waals surface area (Å²) in [4.78, 5) is 0. The predicted molar refractivity (Wildman–Crippen MR) is 59.7 cm³/mol. The molecule has 1 saturated carbocycles. The van der Waals surface area contributed by atoms with Gasteiger partial charge in [-0.15, -0.1) is 0 Å². The molecule has 2 aliphatic rings. The van der Waals surface area contributed by atoms with E-state index in [9.17, 15) is 0 Å². The van der Waals surface area contributed by atoms with Crippen LogP contribution in [0.1, 0.15) is 38.5 Å². The fraction of sp³-hybridized carbons (Fsp3) is 1.00. The maximum absolute atomic E-state index is 6.29. The molecule has 0 bridgehead atoms. The average molecular weight is 213 g/mol. The summed E-state index contributed by atoms with van der Waals surface area (Å²) in [7, 11) is 0. The summed E-state index contributed by atoms with van der Waals surface area (Å²) in [5.74, 6) is 0.652. The summed E-state index contributed by atoms with van der Waals surface area (Å²) in [6.45, 7) is 2.14. The highest BCUT2D eigenvalue weighted by atomic mass is 16.6. The van der Waals surface area contributed by atoms with Crippen LogP contribution in [0.2, 0.25) is 0 Å². The van der Waals surface area contributed by atoms with E-state index < -0.39 is 0 Å². The van der Waals surface area contributed by atoms with Crippen molar-refractivity contribution >= 4 is 0 Å². The number of hydrogen-bond donors (Lipinski definition) is 1. The number of ether oxygens (including phenoxy) is 2. The summed E-state index contributed by atoms with van der Waals surface area (Å²) in [6, 6.07) is 0.184. The molecule has 0 aromatic heterocycles. The van der Waals surface area contributed by atoms with Crippen molar-refractivity contribution in [3.05, 3.63) is 0 Å². The normalized spacial score (nSPS) is 32.2.